The lowest BCUT2D eigenvalue weighted by atomic mass is 10.3. The Hall–Kier alpha value is -2.41. The molecule has 0 unspecified atom stereocenters. The van der Waals surface area contributed by atoms with E-state index in [1.165, 1.54) is 17.4 Å². The average Bonchev–Trinajstić information content (AvgIpc) is 2.98. The lowest BCUT2D eigenvalue weighted by Crippen LogP contribution is -2.11. The Morgan fingerprint density at radius 3 is 2.75 bits per heavy atom. The third-order valence-electron chi connectivity index (χ3n) is 2.61. The molecule has 0 spiro atoms. The molecule has 0 bridgehead atoms. The maximum absolute atomic E-state index is 12.1. The Bertz CT molecular complexity index is 665. The lowest BCUT2D eigenvalue weighted by Gasteiger charge is -2.02. The van der Waals surface area contributed by atoms with Crippen LogP contribution in [0, 0.1) is 13.8 Å². The zero-order valence-electron chi connectivity index (χ0n) is 10.9. The number of rotatable bonds is 4. The summed E-state index contributed by atoms with van der Waals surface area (Å²) in [5.41, 5.74) is 2.18. The Morgan fingerprint density at radius 1 is 1.40 bits per heavy atom. The van der Waals surface area contributed by atoms with Crippen molar-refractivity contribution >= 4 is 35.0 Å². The van der Waals surface area contributed by atoms with Crippen LogP contribution in [0.15, 0.2) is 18.2 Å². The number of amides is 1. The molecule has 0 saturated heterocycles. The van der Waals surface area contributed by atoms with E-state index in [4.69, 9.17) is 5.11 Å². The Kier molecular flexibility index (Phi) is 3.99. The average molecular weight is 291 g/mol. The molecular formula is C13H13N3O3S. The maximum atomic E-state index is 12.1. The predicted octanol–water partition coefficient (Wildman–Crippen LogP) is 2.44. The van der Waals surface area contributed by atoms with Crippen LogP contribution in [0.4, 0.5) is 5.69 Å². The highest BCUT2D eigenvalue weighted by molar-refractivity contribution is 7.15. The number of carboxylic acid groups (broad SMARTS) is 1. The van der Waals surface area contributed by atoms with Gasteiger partial charge in [-0.25, -0.2) is 4.79 Å². The largest absolute Gasteiger partial charge is 0.478 e. The standard InChI is InChI=1S/C13H13N3O3S/c1-7-12(8(2)16-15-7)14-13(19)10-5-3-9(20-10)4-6-11(17)18/h3-6H,1-2H3,(H,14,19)(H,15,16)(H,17,18). The van der Waals surface area contributed by atoms with Gasteiger partial charge in [0.15, 0.2) is 0 Å². The number of aromatic nitrogens is 2. The smallest absolute Gasteiger partial charge is 0.328 e. The molecule has 0 radical (unpaired) electrons. The van der Waals surface area contributed by atoms with Gasteiger partial charge < -0.3 is 10.4 Å². The first kappa shape index (κ1) is 14.0. The molecule has 2 heterocycles. The van der Waals surface area contributed by atoms with Crippen LogP contribution in [0.25, 0.3) is 6.08 Å². The maximum Gasteiger partial charge on any atom is 0.328 e. The highest BCUT2D eigenvalue weighted by Gasteiger charge is 2.13. The zero-order valence-corrected chi connectivity index (χ0v) is 11.7. The monoisotopic (exact) mass is 291 g/mol. The summed E-state index contributed by atoms with van der Waals surface area (Å²) in [6, 6.07) is 3.36. The molecule has 0 aliphatic heterocycles. The fraction of sp³-hybridized carbons (Fsp3) is 0.154. The molecule has 2 rings (SSSR count). The van der Waals surface area contributed by atoms with Crippen LogP contribution in [-0.2, 0) is 4.79 Å². The summed E-state index contributed by atoms with van der Waals surface area (Å²) in [5, 5.41) is 18.1. The van der Waals surface area contributed by atoms with Gasteiger partial charge in [-0.2, -0.15) is 5.10 Å². The van der Waals surface area contributed by atoms with E-state index in [0.717, 1.165) is 17.5 Å². The number of hydrogen-bond donors (Lipinski definition) is 3. The van der Waals surface area contributed by atoms with Gasteiger partial charge in [0.25, 0.3) is 5.91 Å². The molecule has 0 atom stereocenters. The van der Waals surface area contributed by atoms with E-state index in [9.17, 15) is 9.59 Å². The molecule has 6 nitrogen and oxygen atoms in total. The first-order valence-electron chi connectivity index (χ1n) is 5.81. The van der Waals surface area contributed by atoms with Gasteiger partial charge >= 0.3 is 5.97 Å². The van der Waals surface area contributed by atoms with Crippen LogP contribution in [-0.4, -0.2) is 27.2 Å². The SMILES string of the molecule is Cc1n[nH]c(C)c1NC(=O)c1ccc(C=CC(=O)O)s1. The van der Waals surface area contributed by atoms with E-state index in [1.54, 1.807) is 19.1 Å². The van der Waals surface area contributed by atoms with Gasteiger partial charge in [-0.05, 0) is 32.1 Å². The van der Waals surface area contributed by atoms with Crippen molar-refractivity contribution in [3.8, 4) is 0 Å². The third kappa shape index (κ3) is 3.12. The lowest BCUT2D eigenvalue weighted by molar-refractivity contribution is -0.131. The molecular weight excluding hydrogens is 278 g/mol. The van der Waals surface area contributed by atoms with Crippen LogP contribution in [0.5, 0.6) is 0 Å². The van der Waals surface area contributed by atoms with Crippen LogP contribution in [0.2, 0.25) is 0 Å². The predicted molar refractivity (Wildman–Crippen MR) is 77.0 cm³/mol. The molecule has 20 heavy (non-hydrogen) atoms. The van der Waals surface area contributed by atoms with Crippen LogP contribution in [0.3, 0.4) is 0 Å². The number of aromatic amines is 1. The van der Waals surface area contributed by atoms with Crippen molar-refractivity contribution in [3.05, 3.63) is 39.4 Å². The number of carbonyl (C=O) groups excluding carboxylic acids is 1. The van der Waals surface area contributed by atoms with Crippen molar-refractivity contribution in [2.45, 2.75) is 13.8 Å². The van der Waals surface area contributed by atoms with E-state index in [1.807, 2.05) is 6.92 Å². The molecule has 104 valence electrons. The van der Waals surface area contributed by atoms with Gasteiger partial charge in [0.1, 0.15) is 0 Å². The second kappa shape index (κ2) is 5.70. The number of carbonyl (C=O) groups is 2. The molecule has 2 aromatic heterocycles. The van der Waals surface area contributed by atoms with Gasteiger partial charge in [-0.3, -0.25) is 9.89 Å². The van der Waals surface area contributed by atoms with E-state index >= 15 is 0 Å². The summed E-state index contributed by atoms with van der Waals surface area (Å²) in [4.78, 5) is 23.7. The molecule has 0 aliphatic rings. The number of H-pyrrole nitrogens is 1. The third-order valence-corrected chi connectivity index (χ3v) is 3.66. The first-order chi connectivity index (χ1) is 9.47. The summed E-state index contributed by atoms with van der Waals surface area (Å²) < 4.78 is 0. The number of hydrogen-bond acceptors (Lipinski definition) is 4. The van der Waals surface area contributed by atoms with Crippen LogP contribution < -0.4 is 5.32 Å². The Labute approximate surface area is 119 Å². The molecule has 2 aromatic rings. The number of carboxylic acids is 1. The van der Waals surface area contributed by atoms with Crippen molar-refractivity contribution in [1.29, 1.82) is 0 Å². The van der Waals surface area contributed by atoms with Crippen molar-refractivity contribution in [2.75, 3.05) is 5.32 Å². The quantitative estimate of drug-likeness (QED) is 0.754. The second-order valence-corrected chi connectivity index (χ2v) is 5.25. The summed E-state index contributed by atoms with van der Waals surface area (Å²) in [6.07, 6.45) is 2.50. The number of thiophene rings is 1. The summed E-state index contributed by atoms with van der Waals surface area (Å²) >= 11 is 1.22. The summed E-state index contributed by atoms with van der Waals surface area (Å²) in [6.45, 7) is 3.62. The van der Waals surface area contributed by atoms with Gasteiger partial charge in [0.05, 0.1) is 22.0 Å². The minimum atomic E-state index is -1.02. The molecule has 0 fully saturated rings. The van der Waals surface area contributed by atoms with Gasteiger partial charge in [-0.15, -0.1) is 11.3 Å². The number of aliphatic carboxylic acids is 1. The van der Waals surface area contributed by atoms with Crippen LogP contribution >= 0.6 is 11.3 Å². The zero-order chi connectivity index (χ0) is 14.7. The molecule has 1 amide bonds. The van der Waals surface area contributed by atoms with Crippen LogP contribution in [0.1, 0.15) is 25.9 Å². The van der Waals surface area contributed by atoms with Gasteiger partial charge in [-0.1, -0.05) is 0 Å². The van der Waals surface area contributed by atoms with Crippen molar-refractivity contribution in [2.24, 2.45) is 0 Å². The molecule has 0 aliphatic carbocycles. The van der Waals surface area contributed by atoms with Gasteiger partial charge in [0, 0.05) is 11.0 Å². The fourth-order valence-electron chi connectivity index (χ4n) is 1.63. The Balaban J connectivity index is 2.12. The minimum Gasteiger partial charge on any atom is -0.478 e. The molecule has 0 saturated carbocycles. The van der Waals surface area contributed by atoms with Crippen molar-refractivity contribution in [3.63, 3.8) is 0 Å². The normalized spacial score (nSPS) is 10.9. The number of anilines is 1. The van der Waals surface area contributed by atoms with E-state index in [0.29, 0.717) is 15.4 Å². The molecule has 3 N–H and O–H groups in total. The van der Waals surface area contributed by atoms with Crippen molar-refractivity contribution < 1.29 is 14.7 Å². The van der Waals surface area contributed by atoms with E-state index in [-0.39, 0.29) is 5.91 Å². The number of nitrogens with one attached hydrogen (secondary N) is 2. The fourth-order valence-corrected chi connectivity index (χ4v) is 2.43. The highest BCUT2D eigenvalue weighted by atomic mass is 32.1. The summed E-state index contributed by atoms with van der Waals surface area (Å²) in [7, 11) is 0. The first-order valence-corrected chi connectivity index (χ1v) is 6.63. The summed E-state index contributed by atoms with van der Waals surface area (Å²) in [5.74, 6) is -1.26. The van der Waals surface area contributed by atoms with E-state index < -0.39 is 5.97 Å². The molecule has 7 heteroatoms. The van der Waals surface area contributed by atoms with Gasteiger partial charge in [0.2, 0.25) is 0 Å². The minimum absolute atomic E-state index is 0.238. The van der Waals surface area contributed by atoms with E-state index in [2.05, 4.69) is 15.5 Å². The Morgan fingerprint density at radius 2 is 2.15 bits per heavy atom. The topological polar surface area (TPSA) is 95.1 Å². The number of nitrogens with zero attached hydrogens (tertiary/aromatic N) is 1. The second-order valence-electron chi connectivity index (χ2n) is 4.14. The van der Waals surface area contributed by atoms with Crippen molar-refractivity contribution in [1.82, 2.24) is 10.2 Å². The number of aryl methyl sites for hydroxylation is 2. The highest BCUT2D eigenvalue weighted by Crippen LogP contribution is 2.21. The molecule has 0 aromatic carbocycles.